The van der Waals surface area contributed by atoms with Crippen LogP contribution in [0.25, 0.3) is 0 Å². The third kappa shape index (κ3) is 4.92. The molecule has 0 rings (SSSR count). The Morgan fingerprint density at radius 1 is 1.40 bits per heavy atom. The van der Waals surface area contributed by atoms with E-state index in [1.807, 2.05) is 32.8 Å². The third-order valence-corrected chi connectivity index (χ3v) is 4.59. The summed E-state index contributed by atoms with van der Waals surface area (Å²) in [4.78, 5) is 1.96. The molecule has 0 aliphatic rings. The zero-order chi connectivity index (χ0) is 12.1. The van der Waals surface area contributed by atoms with E-state index in [2.05, 4.69) is 4.72 Å². The van der Waals surface area contributed by atoms with Gasteiger partial charge in [-0.05, 0) is 27.4 Å². The third-order valence-electron chi connectivity index (χ3n) is 2.62. The van der Waals surface area contributed by atoms with Gasteiger partial charge in [-0.2, -0.15) is 0 Å². The van der Waals surface area contributed by atoms with E-state index in [9.17, 15) is 8.42 Å². The molecule has 6 heteroatoms. The van der Waals surface area contributed by atoms with E-state index in [1.165, 1.54) is 0 Å². The van der Waals surface area contributed by atoms with Crippen molar-refractivity contribution in [3.05, 3.63) is 0 Å². The molecule has 0 amide bonds. The van der Waals surface area contributed by atoms with Crippen LogP contribution < -0.4 is 10.5 Å². The molecule has 0 aliphatic heterocycles. The van der Waals surface area contributed by atoms with Crippen molar-refractivity contribution >= 4 is 10.0 Å². The van der Waals surface area contributed by atoms with E-state index in [0.717, 1.165) is 0 Å². The Labute approximate surface area is 93.1 Å². The molecular weight excluding hydrogens is 214 g/mol. The molecular formula is C9H23N3O2S. The molecule has 0 aliphatic carbocycles. The molecule has 2 atom stereocenters. The number of nitrogens with one attached hydrogen (secondary N) is 1. The maximum atomic E-state index is 11.7. The van der Waals surface area contributed by atoms with Crippen LogP contribution in [0.3, 0.4) is 0 Å². The van der Waals surface area contributed by atoms with Crippen LogP contribution in [0.15, 0.2) is 0 Å². The van der Waals surface area contributed by atoms with Gasteiger partial charge in [0.2, 0.25) is 10.0 Å². The molecule has 0 spiro atoms. The summed E-state index contributed by atoms with van der Waals surface area (Å²) < 4.78 is 26.0. The van der Waals surface area contributed by atoms with E-state index in [-0.39, 0.29) is 12.6 Å². The monoisotopic (exact) mass is 237 g/mol. The van der Waals surface area contributed by atoms with Crippen LogP contribution in [-0.2, 0) is 10.0 Å². The highest BCUT2D eigenvalue weighted by atomic mass is 32.2. The van der Waals surface area contributed by atoms with E-state index in [4.69, 9.17) is 5.73 Å². The normalized spacial score (nSPS) is 16.7. The van der Waals surface area contributed by atoms with Gasteiger partial charge in [0.15, 0.2) is 0 Å². The lowest BCUT2D eigenvalue weighted by atomic mass is 10.3. The Morgan fingerprint density at radius 3 is 2.27 bits per heavy atom. The largest absolute Gasteiger partial charge is 0.329 e. The lowest BCUT2D eigenvalue weighted by molar-refractivity contribution is 0.313. The van der Waals surface area contributed by atoms with Gasteiger partial charge in [-0.25, -0.2) is 13.1 Å². The number of sulfonamides is 1. The van der Waals surface area contributed by atoms with Crippen LogP contribution >= 0.6 is 0 Å². The van der Waals surface area contributed by atoms with Gasteiger partial charge in [0.25, 0.3) is 0 Å². The predicted molar refractivity (Wildman–Crippen MR) is 63.2 cm³/mol. The van der Waals surface area contributed by atoms with Crippen molar-refractivity contribution in [1.82, 2.24) is 9.62 Å². The minimum atomic E-state index is -3.25. The van der Waals surface area contributed by atoms with Crippen molar-refractivity contribution in [2.45, 2.75) is 31.6 Å². The van der Waals surface area contributed by atoms with Gasteiger partial charge in [-0.15, -0.1) is 0 Å². The molecule has 0 radical (unpaired) electrons. The fourth-order valence-electron chi connectivity index (χ4n) is 1.05. The minimum Gasteiger partial charge on any atom is -0.329 e. The maximum Gasteiger partial charge on any atom is 0.215 e. The van der Waals surface area contributed by atoms with Crippen molar-refractivity contribution in [2.24, 2.45) is 5.73 Å². The minimum absolute atomic E-state index is 0.169. The van der Waals surface area contributed by atoms with Crippen LogP contribution in [0.5, 0.6) is 0 Å². The summed E-state index contributed by atoms with van der Waals surface area (Å²) >= 11 is 0. The summed E-state index contributed by atoms with van der Waals surface area (Å²) in [5, 5.41) is -0.480. The van der Waals surface area contributed by atoms with E-state index >= 15 is 0 Å². The van der Waals surface area contributed by atoms with Crippen LogP contribution in [0, 0.1) is 0 Å². The van der Waals surface area contributed by atoms with Gasteiger partial charge < -0.3 is 10.6 Å². The van der Waals surface area contributed by atoms with Crippen molar-refractivity contribution in [1.29, 1.82) is 0 Å². The molecule has 0 saturated heterocycles. The van der Waals surface area contributed by atoms with Crippen LogP contribution in [-0.4, -0.2) is 51.8 Å². The molecule has 0 aromatic carbocycles. The van der Waals surface area contributed by atoms with Crippen LogP contribution in [0.2, 0.25) is 0 Å². The topological polar surface area (TPSA) is 75.4 Å². The first-order valence-corrected chi connectivity index (χ1v) is 6.74. The first-order valence-electron chi connectivity index (χ1n) is 5.20. The van der Waals surface area contributed by atoms with E-state index < -0.39 is 15.3 Å². The number of nitrogens with zero attached hydrogens (tertiary/aromatic N) is 1. The van der Waals surface area contributed by atoms with Crippen molar-refractivity contribution in [3.8, 4) is 0 Å². The second-order valence-electron chi connectivity index (χ2n) is 3.97. The maximum absolute atomic E-state index is 11.7. The molecule has 92 valence electrons. The smallest absolute Gasteiger partial charge is 0.215 e. The summed E-state index contributed by atoms with van der Waals surface area (Å²) in [6.45, 7) is 4.38. The molecule has 0 heterocycles. The molecule has 0 aromatic heterocycles. The lowest BCUT2D eigenvalue weighted by Crippen LogP contribution is -2.44. The summed E-state index contributed by atoms with van der Waals surface area (Å²) in [5.74, 6) is 0. The highest BCUT2D eigenvalue weighted by Crippen LogP contribution is 2.02. The number of likely N-dealkylation sites (N-methyl/N-ethyl adjacent to an activating group) is 1. The second kappa shape index (κ2) is 6.42. The Bertz CT molecular complexity index is 261. The summed E-state index contributed by atoms with van der Waals surface area (Å²) in [6.07, 6.45) is 0.544. The molecule has 5 nitrogen and oxygen atoms in total. The SMILES string of the molecule is CCC(CN)S(=O)(=O)NCC(C)N(C)C. The van der Waals surface area contributed by atoms with Gasteiger partial charge in [0, 0.05) is 19.1 Å². The molecule has 3 N–H and O–H groups in total. The van der Waals surface area contributed by atoms with Gasteiger partial charge in [0.05, 0.1) is 5.25 Å². The van der Waals surface area contributed by atoms with Gasteiger partial charge in [-0.1, -0.05) is 6.92 Å². The van der Waals surface area contributed by atoms with Crippen LogP contribution in [0.4, 0.5) is 0 Å². The molecule has 2 unspecified atom stereocenters. The Hall–Kier alpha value is -0.170. The first kappa shape index (κ1) is 14.8. The Balaban J connectivity index is 4.27. The van der Waals surface area contributed by atoms with Crippen LogP contribution in [0.1, 0.15) is 20.3 Å². The number of hydrogen-bond donors (Lipinski definition) is 2. The molecule has 0 bridgehead atoms. The highest BCUT2D eigenvalue weighted by molar-refractivity contribution is 7.90. The Kier molecular flexibility index (Phi) is 6.35. The fraction of sp³-hybridized carbons (Fsp3) is 1.00. The molecule has 0 aromatic rings. The number of hydrogen-bond acceptors (Lipinski definition) is 4. The molecule has 15 heavy (non-hydrogen) atoms. The van der Waals surface area contributed by atoms with Gasteiger partial charge in [0.1, 0.15) is 0 Å². The predicted octanol–water partition coefficient (Wildman–Crippen LogP) is -0.407. The standard InChI is InChI=1S/C9H23N3O2S/c1-5-9(6-10)15(13,14)11-7-8(2)12(3)4/h8-9,11H,5-7,10H2,1-4H3. The lowest BCUT2D eigenvalue weighted by Gasteiger charge is -2.21. The Morgan fingerprint density at radius 2 is 1.93 bits per heavy atom. The summed E-state index contributed by atoms with van der Waals surface area (Å²) in [7, 11) is 0.579. The van der Waals surface area contributed by atoms with Crippen molar-refractivity contribution in [2.75, 3.05) is 27.2 Å². The zero-order valence-corrected chi connectivity index (χ0v) is 10.8. The number of nitrogens with two attached hydrogens (primary N) is 1. The highest BCUT2D eigenvalue weighted by Gasteiger charge is 2.22. The van der Waals surface area contributed by atoms with Crippen molar-refractivity contribution in [3.63, 3.8) is 0 Å². The van der Waals surface area contributed by atoms with Crippen molar-refractivity contribution < 1.29 is 8.42 Å². The number of rotatable bonds is 7. The molecule has 0 saturated carbocycles. The van der Waals surface area contributed by atoms with Gasteiger partial charge >= 0.3 is 0 Å². The summed E-state index contributed by atoms with van der Waals surface area (Å²) in [6, 6.07) is 0.176. The van der Waals surface area contributed by atoms with E-state index in [1.54, 1.807) is 0 Å². The zero-order valence-electron chi connectivity index (χ0n) is 10.0. The molecule has 0 fully saturated rings. The average Bonchev–Trinajstić information content (AvgIpc) is 2.15. The summed E-state index contributed by atoms with van der Waals surface area (Å²) in [5.41, 5.74) is 5.41. The second-order valence-corrected chi connectivity index (χ2v) is 6.02. The fourth-order valence-corrected chi connectivity index (χ4v) is 2.45. The average molecular weight is 237 g/mol. The first-order chi connectivity index (χ1) is 6.85. The van der Waals surface area contributed by atoms with Gasteiger partial charge in [-0.3, -0.25) is 0 Å². The van der Waals surface area contributed by atoms with E-state index in [0.29, 0.717) is 13.0 Å². The quantitative estimate of drug-likeness (QED) is 0.631.